The molecule has 0 saturated heterocycles. The Bertz CT molecular complexity index is 268. The molecule has 1 rings (SSSR count). The second-order valence-corrected chi connectivity index (χ2v) is 6.36. The highest BCUT2D eigenvalue weighted by molar-refractivity contribution is 5.79. The van der Waals surface area contributed by atoms with Crippen molar-refractivity contribution in [1.29, 1.82) is 0 Å². The van der Waals surface area contributed by atoms with Crippen molar-refractivity contribution in [1.82, 2.24) is 14.7 Å². The summed E-state index contributed by atoms with van der Waals surface area (Å²) in [6.07, 6.45) is 6.95. The SMILES string of the molecule is CN(C)C(=NCC(C1CCCCC1)N(C)C)N(C)C. The third-order valence-electron chi connectivity index (χ3n) is 4.08. The Morgan fingerprint density at radius 1 is 0.947 bits per heavy atom. The molecule has 0 heterocycles. The highest BCUT2D eigenvalue weighted by atomic mass is 15.3. The molecule has 112 valence electrons. The lowest BCUT2D eigenvalue weighted by atomic mass is 9.83. The van der Waals surface area contributed by atoms with Crippen molar-refractivity contribution in [2.24, 2.45) is 10.9 Å². The molecule has 1 fully saturated rings. The van der Waals surface area contributed by atoms with Gasteiger partial charge in [0.2, 0.25) is 0 Å². The molecule has 0 amide bonds. The average Bonchev–Trinajstić information content (AvgIpc) is 2.34. The van der Waals surface area contributed by atoms with Gasteiger partial charge in [-0.25, -0.2) is 0 Å². The van der Waals surface area contributed by atoms with Crippen LogP contribution in [0.1, 0.15) is 32.1 Å². The molecule has 0 aliphatic heterocycles. The van der Waals surface area contributed by atoms with E-state index in [4.69, 9.17) is 4.99 Å². The van der Waals surface area contributed by atoms with Crippen LogP contribution in [-0.4, -0.2) is 75.5 Å². The van der Waals surface area contributed by atoms with E-state index >= 15 is 0 Å². The summed E-state index contributed by atoms with van der Waals surface area (Å²) >= 11 is 0. The summed E-state index contributed by atoms with van der Waals surface area (Å²) in [5, 5.41) is 0. The van der Waals surface area contributed by atoms with Gasteiger partial charge >= 0.3 is 0 Å². The van der Waals surface area contributed by atoms with Gasteiger partial charge in [0.05, 0.1) is 6.54 Å². The first-order chi connectivity index (χ1) is 8.93. The summed E-state index contributed by atoms with van der Waals surface area (Å²) in [5.41, 5.74) is 0. The summed E-state index contributed by atoms with van der Waals surface area (Å²) in [7, 11) is 12.6. The lowest BCUT2D eigenvalue weighted by molar-refractivity contribution is 0.175. The van der Waals surface area contributed by atoms with Crippen molar-refractivity contribution in [2.75, 3.05) is 48.8 Å². The summed E-state index contributed by atoms with van der Waals surface area (Å²) in [5.74, 6) is 1.88. The predicted octanol–water partition coefficient (Wildman–Crippen LogP) is 1.98. The highest BCUT2D eigenvalue weighted by Gasteiger charge is 2.25. The van der Waals surface area contributed by atoms with Gasteiger partial charge in [0.15, 0.2) is 5.96 Å². The molecule has 0 N–H and O–H groups in total. The molecule has 0 radical (unpaired) electrons. The minimum absolute atomic E-state index is 0.579. The van der Waals surface area contributed by atoms with Gasteiger partial charge in [-0.15, -0.1) is 0 Å². The van der Waals surface area contributed by atoms with E-state index < -0.39 is 0 Å². The highest BCUT2D eigenvalue weighted by Crippen LogP contribution is 2.28. The van der Waals surface area contributed by atoms with E-state index in [-0.39, 0.29) is 0 Å². The van der Waals surface area contributed by atoms with Crippen molar-refractivity contribution in [2.45, 2.75) is 38.1 Å². The van der Waals surface area contributed by atoms with E-state index in [0.29, 0.717) is 6.04 Å². The molecule has 1 aliphatic carbocycles. The Hall–Kier alpha value is -0.770. The fraction of sp³-hybridized carbons (Fsp3) is 0.933. The number of hydrogen-bond acceptors (Lipinski definition) is 2. The van der Waals surface area contributed by atoms with E-state index in [0.717, 1.165) is 18.4 Å². The van der Waals surface area contributed by atoms with Crippen LogP contribution >= 0.6 is 0 Å². The minimum atomic E-state index is 0.579. The van der Waals surface area contributed by atoms with Crippen molar-refractivity contribution in [3.63, 3.8) is 0 Å². The fourth-order valence-corrected chi connectivity index (χ4v) is 3.11. The summed E-state index contributed by atoms with van der Waals surface area (Å²) in [6.45, 7) is 0.906. The number of likely N-dealkylation sites (N-methyl/N-ethyl adjacent to an activating group) is 1. The number of hydrogen-bond donors (Lipinski definition) is 0. The summed E-state index contributed by atoms with van der Waals surface area (Å²) < 4.78 is 0. The van der Waals surface area contributed by atoms with Gasteiger partial charge in [0.1, 0.15) is 0 Å². The summed E-state index contributed by atoms with van der Waals surface area (Å²) in [4.78, 5) is 11.4. The second kappa shape index (κ2) is 7.73. The topological polar surface area (TPSA) is 22.1 Å². The van der Waals surface area contributed by atoms with E-state index in [2.05, 4.69) is 57.0 Å². The average molecular weight is 268 g/mol. The van der Waals surface area contributed by atoms with E-state index in [1.165, 1.54) is 32.1 Å². The number of aliphatic imine (C=N–C) groups is 1. The smallest absolute Gasteiger partial charge is 0.195 e. The van der Waals surface area contributed by atoms with Crippen LogP contribution in [0.15, 0.2) is 4.99 Å². The van der Waals surface area contributed by atoms with Crippen LogP contribution in [0, 0.1) is 5.92 Å². The van der Waals surface area contributed by atoms with Crippen LogP contribution in [0.5, 0.6) is 0 Å². The molecule has 4 nitrogen and oxygen atoms in total. The molecule has 1 unspecified atom stereocenters. The van der Waals surface area contributed by atoms with Crippen molar-refractivity contribution >= 4 is 5.96 Å². The third-order valence-corrected chi connectivity index (χ3v) is 4.08. The monoisotopic (exact) mass is 268 g/mol. The zero-order chi connectivity index (χ0) is 14.4. The Balaban J connectivity index is 2.69. The van der Waals surface area contributed by atoms with Crippen LogP contribution in [0.25, 0.3) is 0 Å². The predicted molar refractivity (Wildman–Crippen MR) is 83.7 cm³/mol. The van der Waals surface area contributed by atoms with E-state index in [1.54, 1.807) is 0 Å². The first-order valence-corrected chi connectivity index (χ1v) is 7.49. The van der Waals surface area contributed by atoms with Crippen LogP contribution in [0.4, 0.5) is 0 Å². The lowest BCUT2D eigenvalue weighted by Crippen LogP contribution is -2.41. The zero-order valence-electron chi connectivity index (χ0n) is 13.7. The Morgan fingerprint density at radius 3 is 1.89 bits per heavy atom. The van der Waals surface area contributed by atoms with Crippen molar-refractivity contribution in [3.05, 3.63) is 0 Å². The van der Waals surface area contributed by atoms with Crippen molar-refractivity contribution < 1.29 is 0 Å². The molecule has 0 spiro atoms. The molecule has 1 saturated carbocycles. The van der Waals surface area contributed by atoms with Gasteiger partial charge in [0.25, 0.3) is 0 Å². The van der Waals surface area contributed by atoms with Gasteiger partial charge in [-0.05, 0) is 32.9 Å². The lowest BCUT2D eigenvalue weighted by Gasteiger charge is -2.34. The Morgan fingerprint density at radius 2 is 1.47 bits per heavy atom. The minimum Gasteiger partial charge on any atom is -0.349 e. The number of nitrogens with zero attached hydrogens (tertiary/aromatic N) is 4. The standard InChI is InChI=1S/C15H32N4/c1-17(2)14(13-10-8-7-9-11-13)12-16-15(18(3)4)19(5)6/h13-14H,7-12H2,1-6H3. The van der Waals surface area contributed by atoms with Crippen molar-refractivity contribution in [3.8, 4) is 0 Å². The Kier molecular flexibility index (Phi) is 6.63. The van der Waals surface area contributed by atoms with Crippen LogP contribution in [-0.2, 0) is 0 Å². The first-order valence-electron chi connectivity index (χ1n) is 7.49. The van der Waals surface area contributed by atoms with Crippen LogP contribution < -0.4 is 0 Å². The van der Waals surface area contributed by atoms with E-state index in [1.807, 2.05) is 0 Å². The van der Waals surface area contributed by atoms with Gasteiger partial charge in [-0.2, -0.15) is 0 Å². The van der Waals surface area contributed by atoms with Gasteiger partial charge < -0.3 is 14.7 Å². The maximum atomic E-state index is 4.85. The first kappa shape index (κ1) is 16.3. The molecular formula is C15H32N4. The maximum absolute atomic E-state index is 4.85. The molecule has 0 aromatic carbocycles. The fourth-order valence-electron chi connectivity index (χ4n) is 3.11. The van der Waals surface area contributed by atoms with Gasteiger partial charge in [0, 0.05) is 34.2 Å². The maximum Gasteiger partial charge on any atom is 0.195 e. The third kappa shape index (κ3) is 5.01. The van der Waals surface area contributed by atoms with Gasteiger partial charge in [-0.1, -0.05) is 19.3 Å². The quantitative estimate of drug-likeness (QED) is 0.575. The molecule has 0 aromatic heterocycles. The van der Waals surface area contributed by atoms with E-state index in [9.17, 15) is 0 Å². The van der Waals surface area contributed by atoms with Crippen LogP contribution in [0.3, 0.4) is 0 Å². The molecule has 19 heavy (non-hydrogen) atoms. The molecule has 1 aliphatic rings. The molecule has 0 bridgehead atoms. The zero-order valence-corrected chi connectivity index (χ0v) is 13.7. The molecule has 1 atom stereocenters. The summed E-state index contributed by atoms with van der Waals surface area (Å²) in [6, 6.07) is 0.579. The largest absolute Gasteiger partial charge is 0.349 e. The number of rotatable bonds is 4. The second-order valence-electron chi connectivity index (χ2n) is 6.36. The number of guanidine groups is 1. The normalized spacial score (nSPS) is 18.3. The molecule has 4 heteroatoms. The Labute approximate surface area is 119 Å². The molecular weight excluding hydrogens is 236 g/mol. The van der Waals surface area contributed by atoms with Crippen LogP contribution in [0.2, 0.25) is 0 Å². The van der Waals surface area contributed by atoms with Gasteiger partial charge in [-0.3, -0.25) is 4.99 Å². The molecule has 0 aromatic rings.